The van der Waals surface area contributed by atoms with Crippen LogP contribution in [0.4, 0.5) is 0 Å². The van der Waals surface area contributed by atoms with E-state index in [0.29, 0.717) is 0 Å². The van der Waals surface area contributed by atoms with E-state index >= 15 is 0 Å². The predicted octanol–water partition coefficient (Wildman–Crippen LogP) is 13.2. The number of fused-ring (bicyclic) bond motifs is 4. The van der Waals surface area contributed by atoms with Crippen LogP contribution in [-0.4, -0.2) is 4.57 Å². The zero-order chi connectivity index (χ0) is 32.9. The molecule has 1 heteroatoms. The Morgan fingerprint density at radius 2 is 0.898 bits per heavy atom. The molecule has 0 radical (unpaired) electrons. The Labute approximate surface area is 287 Å². The molecule has 1 aromatic heterocycles. The highest BCUT2D eigenvalue weighted by molar-refractivity contribution is 6.12. The first-order chi connectivity index (χ1) is 24.1. The van der Waals surface area contributed by atoms with E-state index in [4.69, 9.17) is 0 Å². The minimum atomic E-state index is 1.16. The fraction of sp³-hybridized carbons (Fsp3) is 0.0417. The SMILES string of the molecule is Cc1cc(-c2ccccc2)ccc1-c1ccc2c3ccc(-c4ccccc4)cc3n(-c3ccc(-c4ccc5ccccc5c4)cc3)c2c1C. The summed E-state index contributed by atoms with van der Waals surface area (Å²) in [5, 5.41) is 5.06. The zero-order valence-corrected chi connectivity index (χ0v) is 27.7. The average Bonchev–Trinajstić information content (AvgIpc) is 3.50. The van der Waals surface area contributed by atoms with Crippen molar-refractivity contribution in [2.45, 2.75) is 13.8 Å². The second-order valence-electron chi connectivity index (χ2n) is 13.1. The number of rotatable bonds is 5. The number of aryl methyl sites for hydroxylation is 2. The Balaban J connectivity index is 1.23. The first-order valence-corrected chi connectivity index (χ1v) is 17.0. The number of benzene rings is 8. The van der Waals surface area contributed by atoms with Crippen LogP contribution in [0, 0.1) is 13.8 Å². The molecule has 0 N–H and O–H groups in total. The molecule has 0 bridgehead atoms. The summed E-state index contributed by atoms with van der Waals surface area (Å²) in [4.78, 5) is 0. The molecule has 0 aliphatic heterocycles. The number of hydrogen-bond donors (Lipinski definition) is 0. The molecule has 9 rings (SSSR count). The first-order valence-electron chi connectivity index (χ1n) is 17.0. The van der Waals surface area contributed by atoms with Gasteiger partial charge in [-0.05, 0) is 105 Å². The van der Waals surface area contributed by atoms with Crippen LogP contribution in [-0.2, 0) is 0 Å². The van der Waals surface area contributed by atoms with Gasteiger partial charge in [0.1, 0.15) is 0 Å². The summed E-state index contributed by atoms with van der Waals surface area (Å²) in [6.07, 6.45) is 0. The third-order valence-corrected chi connectivity index (χ3v) is 10.1. The monoisotopic (exact) mass is 625 g/mol. The highest BCUT2D eigenvalue weighted by Gasteiger charge is 2.19. The van der Waals surface area contributed by atoms with Crippen molar-refractivity contribution >= 4 is 32.6 Å². The van der Waals surface area contributed by atoms with Gasteiger partial charge < -0.3 is 4.57 Å². The molecule has 0 atom stereocenters. The van der Waals surface area contributed by atoms with Crippen LogP contribution in [0.5, 0.6) is 0 Å². The van der Waals surface area contributed by atoms with E-state index < -0.39 is 0 Å². The quantitative estimate of drug-likeness (QED) is 0.179. The predicted molar refractivity (Wildman–Crippen MR) is 210 cm³/mol. The Morgan fingerprint density at radius 1 is 0.367 bits per heavy atom. The zero-order valence-electron chi connectivity index (χ0n) is 27.7. The average molecular weight is 626 g/mol. The van der Waals surface area contributed by atoms with Crippen molar-refractivity contribution in [1.29, 1.82) is 0 Å². The molecule has 0 saturated heterocycles. The molecular weight excluding hydrogens is 591 g/mol. The molecule has 49 heavy (non-hydrogen) atoms. The van der Waals surface area contributed by atoms with E-state index in [9.17, 15) is 0 Å². The third-order valence-electron chi connectivity index (χ3n) is 10.1. The molecule has 0 fully saturated rings. The van der Waals surface area contributed by atoms with Gasteiger partial charge in [-0.1, -0.05) is 152 Å². The van der Waals surface area contributed by atoms with Gasteiger partial charge in [0.25, 0.3) is 0 Å². The van der Waals surface area contributed by atoms with E-state index in [-0.39, 0.29) is 0 Å². The number of hydrogen-bond acceptors (Lipinski definition) is 0. The van der Waals surface area contributed by atoms with Gasteiger partial charge >= 0.3 is 0 Å². The van der Waals surface area contributed by atoms with E-state index in [1.165, 1.54) is 88.2 Å². The molecule has 0 aliphatic rings. The molecule has 1 nitrogen and oxygen atoms in total. The van der Waals surface area contributed by atoms with Crippen molar-refractivity contribution in [3.63, 3.8) is 0 Å². The minimum absolute atomic E-state index is 1.16. The lowest BCUT2D eigenvalue weighted by Gasteiger charge is -2.15. The van der Waals surface area contributed by atoms with Crippen LogP contribution >= 0.6 is 0 Å². The lowest BCUT2D eigenvalue weighted by molar-refractivity contribution is 1.17. The van der Waals surface area contributed by atoms with Crippen LogP contribution in [0.2, 0.25) is 0 Å². The molecule has 1 heterocycles. The van der Waals surface area contributed by atoms with Crippen molar-refractivity contribution in [2.24, 2.45) is 0 Å². The number of nitrogens with zero attached hydrogens (tertiary/aromatic N) is 1. The molecule has 232 valence electrons. The summed E-state index contributed by atoms with van der Waals surface area (Å²) in [5.41, 5.74) is 16.1. The highest BCUT2D eigenvalue weighted by Crippen LogP contribution is 2.41. The second kappa shape index (κ2) is 11.8. The smallest absolute Gasteiger partial charge is 0.0576 e. The molecule has 0 saturated carbocycles. The van der Waals surface area contributed by atoms with Gasteiger partial charge in [0.2, 0.25) is 0 Å². The van der Waals surface area contributed by atoms with Crippen LogP contribution in [0.25, 0.3) is 82.8 Å². The van der Waals surface area contributed by atoms with Gasteiger partial charge in [-0.3, -0.25) is 0 Å². The van der Waals surface area contributed by atoms with Gasteiger partial charge in [0.15, 0.2) is 0 Å². The molecule has 0 spiro atoms. The molecular formula is C48H35N. The largest absolute Gasteiger partial charge is 0.309 e. The fourth-order valence-electron chi connectivity index (χ4n) is 7.59. The lowest BCUT2D eigenvalue weighted by atomic mass is 9.92. The van der Waals surface area contributed by atoms with Gasteiger partial charge in [0, 0.05) is 16.5 Å². The first kappa shape index (κ1) is 29.0. The third kappa shape index (κ3) is 5.03. The van der Waals surface area contributed by atoms with Gasteiger partial charge in [0.05, 0.1) is 11.0 Å². The standard InChI is InChI=1S/C48H35N/c1-32-29-39(34-11-5-3-6-12-34)21-25-43(32)44-27-28-46-45-26-22-41(35-13-7-4-8-14-35)31-47(45)49(48(46)33(44)2)42-23-19-37(20-24-42)40-18-17-36-15-9-10-16-38(36)30-40/h3-31H,1-2H3. The summed E-state index contributed by atoms with van der Waals surface area (Å²) in [6.45, 7) is 4.53. The van der Waals surface area contributed by atoms with Crippen molar-refractivity contribution in [1.82, 2.24) is 4.57 Å². The van der Waals surface area contributed by atoms with Crippen molar-refractivity contribution < 1.29 is 0 Å². The molecule has 0 unspecified atom stereocenters. The molecule has 9 aromatic rings. The summed E-state index contributed by atoms with van der Waals surface area (Å²) >= 11 is 0. The summed E-state index contributed by atoms with van der Waals surface area (Å²) in [6, 6.07) is 64.2. The van der Waals surface area contributed by atoms with E-state index in [1.54, 1.807) is 0 Å². The molecule has 0 amide bonds. The molecule has 0 aliphatic carbocycles. The summed E-state index contributed by atoms with van der Waals surface area (Å²) in [7, 11) is 0. The number of aromatic nitrogens is 1. The lowest BCUT2D eigenvalue weighted by Crippen LogP contribution is -1.97. The van der Waals surface area contributed by atoms with E-state index in [0.717, 1.165) is 5.69 Å². The van der Waals surface area contributed by atoms with Crippen LogP contribution in [0.3, 0.4) is 0 Å². The maximum Gasteiger partial charge on any atom is 0.0576 e. The second-order valence-corrected chi connectivity index (χ2v) is 13.1. The highest BCUT2D eigenvalue weighted by atomic mass is 15.0. The maximum atomic E-state index is 2.48. The van der Waals surface area contributed by atoms with Crippen molar-refractivity contribution in [2.75, 3.05) is 0 Å². The fourth-order valence-corrected chi connectivity index (χ4v) is 7.59. The van der Waals surface area contributed by atoms with Crippen LogP contribution in [0.15, 0.2) is 176 Å². The van der Waals surface area contributed by atoms with Gasteiger partial charge in [-0.25, -0.2) is 0 Å². The Kier molecular flexibility index (Phi) is 6.99. The van der Waals surface area contributed by atoms with E-state index in [2.05, 4.69) is 194 Å². The topological polar surface area (TPSA) is 4.93 Å². The van der Waals surface area contributed by atoms with E-state index in [1.807, 2.05) is 0 Å². The Morgan fingerprint density at radius 3 is 1.61 bits per heavy atom. The maximum absolute atomic E-state index is 2.48. The van der Waals surface area contributed by atoms with Gasteiger partial charge in [-0.2, -0.15) is 0 Å². The Bertz CT molecular complexity index is 2640. The van der Waals surface area contributed by atoms with Crippen LogP contribution < -0.4 is 0 Å². The van der Waals surface area contributed by atoms with Crippen molar-refractivity contribution in [3.8, 4) is 50.2 Å². The van der Waals surface area contributed by atoms with Crippen LogP contribution in [0.1, 0.15) is 11.1 Å². The summed E-state index contributed by atoms with van der Waals surface area (Å²) in [5.74, 6) is 0. The normalized spacial score (nSPS) is 11.5. The minimum Gasteiger partial charge on any atom is -0.309 e. The van der Waals surface area contributed by atoms with Crippen molar-refractivity contribution in [3.05, 3.63) is 187 Å². The Hall–Kier alpha value is -6.18. The molecule has 8 aromatic carbocycles. The van der Waals surface area contributed by atoms with Gasteiger partial charge in [-0.15, -0.1) is 0 Å². The summed E-state index contributed by atoms with van der Waals surface area (Å²) < 4.78 is 2.48.